The molecule has 1 amide bonds. The number of benzene rings is 3. The number of hydrogen-bond donors (Lipinski definition) is 1. The van der Waals surface area contributed by atoms with Crippen LogP contribution >= 0.6 is 23.4 Å². The first-order valence-electron chi connectivity index (χ1n) is 9.88. The molecule has 33 heavy (non-hydrogen) atoms. The maximum absolute atomic E-state index is 12.9. The molecule has 3 aromatic carbocycles. The number of halogens is 4. The van der Waals surface area contributed by atoms with Crippen LogP contribution < -0.4 is 5.32 Å². The van der Waals surface area contributed by atoms with E-state index in [-0.39, 0.29) is 11.4 Å². The molecular formula is C24H17ClF3N3OS. The molecule has 4 rings (SSSR count). The van der Waals surface area contributed by atoms with Crippen LogP contribution in [0.15, 0.2) is 77.8 Å². The van der Waals surface area contributed by atoms with Gasteiger partial charge in [0.05, 0.1) is 28.0 Å². The summed E-state index contributed by atoms with van der Waals surface area (Å²) in [5.74, 6) is -0.469. The fourth-order valence-corrected chi connectivity index (χ4v) is 4.06. The summed E-state index contributed by atoms with van der Waals surface area (Å²) in [5, 5.41) is 3.73. The van der Waals surface area contributed by atoms with Gasteiger partial charge in [-0.25, -0.2) is 9.97 Å². The van der Waals surface area contributed by atoms with Gasteiger partial charge in [0.25, 0.3) is 0 Å². The van der Waals surface area contributed by atoms with Crippen molar-refractivity contribution in [2.75, 3.05) is 11.1 Å². The number of fused-ring (bicyclic) bond motifs is 1. The number of amides is 1. The number of thioether (sulfide) groups is 1. The molecule has 0 aliphatic rings. The van der Waals surface area contributed by atoms with Crippen molar-refractivity contribution in [2.45, 2.75) is 17.6 Å². The van der Waals surface area contributed by atoms with E-state index in [2.05, 4.69) is 10.3 Å². The lowest BCUT2D eigenvalue weighted by Crippen LogP contribution is -2.15. The molecule has 4 aromatic rings. The number of nitrogens with one attached hydrogen (secondary N) is 1. The molecule has 0 saturated carbocycles. The molecule has 9 heteroatoms. The van der Waals surface area contributed by atoms with Gasteiger partial charge in [0.1, 0.15) is 5.03 Å². The third kappa shape index (κ3) is 6.03. The molecule has 0 fully saturated rings. The Morgan fingerprint density at radius 1 is 0.939 bits per heavy atom. The summed E-state index contributed by atoms with van der Waals surface area (Å²) in [6.07, 6.45) is -3.99. The Bertz CT molecular complexity index is 1300. The number of anilines is 1. The van der Waals surface area contributed by atoms with Crippen LogP contribution in [-0.4, -0.2) is 21.6 Å². The Kier molecular flexibility index (Phi) is 6.85. The second-order valence-corrected chi connectivity index (χ2v) is 8.58. The van der Waals surface area contributed by atoms with E-state index in [1.54, 1.807) is 12.1 Å². The van der Waals surface area contributed by atoms with E-state index in [9.17, 15) is 18.0 Å². The molecule has 1 N–H and O–H groups in total. The Hall–Kier alpha value is -3.10. The van der Waals surface area contributed by atoms with Crippen LogP contribution in [0.4, 0.5) is 18.9 Å². The number of carbonyl (C=O) groups excluding carboxylic acids is 1. The van der Waals surface area contributed by atoms with Crippen molar-refractivity contribution >= 4 is 46.0 Å². The molecular weight excluding hydrogens is 471 g/mol. The smallest absolute Gasteiger partial charge is 0.325 e. The van der Waals surface area contributed by atoms with Crippen LogP contribution in [-0.2, 0) is 17.4 Å². The van der Waals surface area contributed by atoms with Gasteiger partial charge >= 0.3 is 6.18 Å². The zero-order valence-corrected chi connectivity index (χ0v) is 18.6. The van der Waals surface area contributed by atoms with Crippen LogP contribution in [0.1, 0.15) is 16.8 Å². The molecule has 0 atom stereocenters. The summed E-state index contributed by atoms with van der Waals surface area (Å²) in [7, 11) is 0. The first-order chi connectivity index (χ1) is 15.8. The van der Waals surface area contributed by atoms with Gasteiger partial charge in [-0.15, -0.1) is 0 Å². The molecule has 1 heterocycles. The van der Waals surface area contributed by atoms with Gasteiger partial charge in [-0.2, -0.15) is 13.2 Å². The van der Waals surface area contributed by atoms with E-state index >= 15 is 0 Å². The van der Waals surface area contributed by atoms with Crippen molar-refractivity contribution in [3.8, 4) is 0 Å². The van der Waals surface area contributed by atoms with Crippen molar-refractivity contribution in [1.29, 1.82) is 0 Å². The minimum atomic E-state index is -4.48. The first kappa shape index (κ1) is 23.1. The number of aromatic nitrogens is 2. The summed E-state index contributed by atoms with van der Waals surface area (Å²) < 4.78 is 38.7. The Balaban J connectivity index is 1.52. The van der Waals surface area contributed by atoms with Gasteiger partial charge in [-0.05, 0) is 48.0 Å². The van der Waals surface area contributed by atoms with Gasteiger partial charge in [0, 0.05) is 17.1 Å². The summed E-state index contributed by atoms with van der Waals surface area (Å²) in [4.78, 5) is 21.8. The van der Waals surface area contributed by atoms with Gasteiger partial charge in [0.15, 0.2) is 0 Å². The standard InChI is InChI=1S/C24H17ClF3N3OS/c25-17-10-8-15(9-11-17)12-21-23(31-20-7-2-1-6-19(20)30-21)33-14-22(32)29-18-5-3-4-16(13-18)24(26,27)28/h1-11,13H,12,14H2,(H,29,32). The third-order valence-corrected chi connectivity index (χ3v) is 5.96. The average molecular weight is 488 g/mol. The summed E-state index contributed by atoms with van der Waals surface area (Å²) in [5.41, 5.74) is 2.38. The highest BCUT2D eigenvalue weighted by Gasteiger charge is 2.30. The van der Waals surface area contributed by atoms with Gasteiger partial charge < -0.3 is 5.32 Å². The Labute approximate surface area is 197 Å². The minimum absolute atomic E-state index is 0.0309. The fourth-order valence-electron chi connectivity index (χ4n) is 3.15. The topological polar surface area (TPSA) is 54.9 Å². The predicted octanol–water partition coefficient (Wildman–Crippen LogP) is 6.62. The number of rotatable bonds is 6. The maximum Gasteiger partial charge on any atom is 0.416 e. The number of para-hydroxylation sites is 2. The molecule has 0 saturated heterocycles. The second kappa shape index (κ2) is 9.80. The highest BCUT2D eigenvalue weighted by Crippen LogP contribution is 2.31. The molecule has 0 radical (unpaired) electrons. The quantitative estimate of drug-likeness (QED) is 0.310. The first-order valence-corrected chi connectivity index (χ1v) is 11.2. The average Bonchev–Trinajstić information content (AvgIpc) is 2.79. The third-order valence-electron chi connectivity index (χ3n) is 4.70. The van der Waals surface area contributed by atoms with Gasteiger partial charge in [0.2, 0.25) is 5.91 Å². The largest absolute Gasteiger partial charge is 0.416 e. The van der Waals surface area contributed by atoms with Crippen molar-refractivity contribution in [3.05, 3.63) is 94.6 Å². The lowest BCUT2D eigenvalue weighted by molar-refractivity contribution is -0.137. The van der Waals surface area contributed by atoms with Gasteiger partial charge in [-0.1, -0.05) is 53.7 Å². The second-order valence-electron chi connectivity index (χ2n) is 7.18. The molecule has 168 valence electrons. The molecule has 1 aromatic heterocycles. The van der Waals surface area contributed by atoms with E-state index in [4.69, 9.17) is 16.6 Å². The SMILES string of the molecule is O=C(CSc1nc2ccccc2nc1Cc1ccc(Cl)cc1)Nc1cccc(C(F)(F)F)c1. The van der Waals surface area contributed by atoms with Gasteiger partial charge in [-0.3, -0.25) is 4.79 Å². The normalized spacial score (nSPS) is 11.5. The van der Waals surface area contributed by atoms with E-state index in [0.717, 1.165) is 23.2 Å². The Morgan fingerprint density at radius 3 is 2.33 bits per heavy atom. The van der Waals surface area contributed by atoms with Crippen LogP contribution in [0.5, 0.6) is 0 Å². The molecule has 4 nitrogen and oxygen atoms in total. The van der Waals surface area contributed by atoms with Crippen LogP contribution in [0.3, 0.4) is 0 Å². The van der Waals surface area contributed by atoms with E-state index in [0.29, 0.717) is 27.7 Å². The van der Waals surface area contributed by atoms with Crippen molar-refractivity contribution in [2.24, 2.45) is 0 Å². The van der Waals surface area contributed by atoms with Crippen LogP contribution in [0, 0.1) is 0 Å². The van der Waals surface area contributed by atoms with Crippen LogP contribution in [0.2, 0.25) is 5.02 Å². The minimum Gasteiger partial charge on any atom is -0.325 e. The zero-order valence-electron chi connectivity index (χ0n) is 17.1. The van der Waals surface area contributed by atoms with E-state index in [1.165, 1.54) is 23.9 Å². The lowest BCUT2D eigenvalue weighted by Gasteiger charge is -2.11. The summed E-state index contributed by atoms with van der Waals surface area (Å²) in [6.45, 7) is 0. The van der Waals surface area contributed by atoms with E-state index < -0.39 is 17.6 Å². The number of carbonyl (C=O) groups is 1. The Morgan fingerprint density at radius 2 is 1.64 bits per heavy atom. The highest BCUT2D eigenvalue weighted by molar-refractivity contribution is 8.00. The highest BCUT2D eigenvalue weighted by atomic mass is 35.5. The lowest BCUT2D eigenvalue weighted by atomic mass is 10.1. The number of nitrogens with zero attached hydrogens (tertiary/aromatic N) is 2. The maximum atomic E-state index is 12.9. The fraction of sp³-hybridized carbons (Fsp3) is 0.125. The molecule has 0 unspecified atom stereocenters. The molecule has 0 aliphatic carbocycles. The van der Waals surface area contributed by atoms with Crippen LogP contribution in [0.25, 0.3) is 11.0 Å². The van der Waals surface area contributed by atoms with Crippen molar-refractivity contribution < 1.29 is 18.0 Å². The molecule has 0 bridgehead atoms. The summed E-state index contributed by atoms with van der Waals surface area (Å²) in [6, 6.07) is 19.3. The van der Waals surface area contributed by atoms with Crippen molar-refractivity contribution in [3.63, 3.8) is 0 Å². The predicted molar refractivity (Wildman–Crippen MR) is 125 cm³/mol. The van der Waals surface area contributed by atoms with E-state index in [1.807, 2.05) is 36.4 Å². The summed E-state index contributed by atoms with van der Waals surface area (Å²) >= 11 is 7.16. The molecule has 0 spiro atoms. The van der Waals surface area contributed by atoms with Crippen molar-refractivity contribution in [1.82, 2.24) is 9.97 Å². The number of hydrogen-bond acceptors (Lipinski definition) is 4. The number of alkyl halides is 3. The monoisotopic (exact) mass is 487 g/mol. The molecule has 0 aliphatic heterocycles. The zero-order chi connectivity index (χ0) is 23.4.